The summed E-state index contributed by atoms with van der Waals surface area (Å²) in [5.41, 5.74) is 6.14. The van der Waals surface area contributed by atoms with Crippen molar-refractivity contribution in [2.45, 2.75) is 17.5 Å². The van der Waals surface area contributed by atoms with Crippen molar-refractivity contribution in [2.24, 2.45) is 0 Å². The Balaban J connectivity index is 0.000000810. The van der Waals surface area contributed by atoms with Gasteiger partial charge in [0.15, 0.2) is 0 Å². The van der Waals surface area contributed by atoms with E-state index in [1.54, 1.807) is 14.5 Å². The fourth-order valence-electron chi connectivity index (χ4n) is 3.87. The summed E-state index contributed by atoms with van der Waals surface area (Å²) in [6.45, 7) is 0. The van der Waals surface area contributed by atoms with Gasteiger partial charge in [0, 0.05) is 0 Å². The van der Waals surface area contributed by atoms with Gasteiger partial charge in [-0.1, -0.05) is 7.43 Å². The minimum atomic E-state index is -0.903. The van der Waals surface area contributed by atoms with Crippen molar-refractivity contribution in [3.05, 3.63) is 93.3 Å². The van der Waals surface area contributed by atoms with E-state index in [0.717, 1.165) is 0 Å². The van der Waals surface area contributed by atoms with Crippen LogP contribution in [0.1, 0.15) is 28.6 Å². The third kappa shape index (κ3) is 3.38. The molecule has 2 aliphatic carbocycles. The first kappa shape index (κ1) is 21.2. The van der Waals surface area contributed by atoms with Crippen molar-refractivity contribution >= 4 is 10.8 Å². The maximum Gasteiger partial charge on any atom is -1.00 e. The van der Waals surface area contributed by atoms with Crippen molar-refractivity contribution in [3.8, 4) is 11.1 Å². The molecule has 1 atom stereocenters. The molecule has 2 aliphatic rings. The van der Waals surface area contributed by atoms with E-state index >= 15 is 0 Å². The van der Waals surface area contributed by atoms with Crippen molar-refractivity contribution in [1.29, 1.82) is 0 Å². The summed E-state index contributed by atoms with van der Waals surface area (Å²) in [4.78, 5) is 0. The molecule has 0 aliphatic heterocycles. The minimum absolute atomic E-state index is 0. The van der Waals surface area contributed by atoms with Gasteiger partial charge in [-0.3, -0.25) is 0 Å². The number of allylic oxidation sites excluding steroid dienone is 4. The molecule has 3 aromatic carbocycles. The first-order valence-electron chi connectivity index (χ1n) is 8.15. The second-order valence-electron chi connectivity index (χ2n) is 6.24. The maximum atomic E-state index is 2.40. The van der Waals surface area contributed by atoms with Gasteiger partial charge in [-0.05, 0) is 0 Å². The van der Waals surface area contributed by atoms with Crippen LogP contribution in [0.4, 0.5) is 0 Å². The number of hydrogen-bond acceptors (Lipinski definition) is 0. The summed E-state index contributed by atoms with van der Waals surface area (Å²) in [7, 11) is 0. The Bertz CT molecular complexity index is 988. The van der Waals surface area contributed by atoms with Crippen molar-refractivity contribution in [1.82, 2.24) is 0 Å². The standard InChI is InChI=1S/C17H11.C5H5.CH4.2ClH.Hf/c1-3-7-15-12(5-1)9-10-14-11-13-6-2-4-8-16(13)17(14)15;1-2-4-5-3-1;;;;/h1-11H;1-3H,4H2;1H4;2*1H;/q;;;;;+2/p-2. The van der Waals surface area contributed by atoms with Crippen LogP contribution < -0.4 is 24.8 Å². The van der Waals surface area contributed by atoms with Crippen molar-refractivity contribution in [2.75, 3.05) is 0 Å². The normalized spacial score (nSPS) is 15.7. The number of benzene rings is 3. The molecule has 26 heavy (non-hydrogen) atoms. The molecular weight excluding hydrogens is 526 g/mol. The zero-order chi connectivity index (χ0) is 15.2. The topological polar surface area (TPSA) is 0 Å². The molecule has 0 fully saturated rings. The second-order valence-corrected chi connectivity index (χ2v) is 11.7. The smallest absolute Gasteiger partial charge is 1.00 e. The van der Waals surface area contributed by atoms with Crippen LogP contribution in [0.2, 0.25) is 0 Å². The Hall–Kier alpha value is -1.15. The molecule has 0 aromatic heterocycles. The van der Waals surface area contributed by atoms with Gasteiger partial charge in [-0.2, -0.15) is 0 Å². The molecule has 0 spiro atoms. The Kier molecular flexibility index (Phi) is 7.07. The molecule has 0 amide bonds. The van der Waals surface area contributed by atoms with Crippen LogP contribution in [-0.4, -0.2) is 0 Å². The molecule has 0 bridgehead atoms. The predicted octanol–water partition coefficient (Wildman–Crippen LogP) is 0.480. The molecule has 0 saturated carbocycles. The van der Waals surface area contributed by atoms with Crippen molar-refractivity contribution in [3.63, 3.8) is 0 Å². The number of hydrogen-bond donors (Lipinski definition) is 0. The van der Waals surface area contributed by atoms with E-state index in [0.29, 0.717) is 3.67 Å². The third-order valence-corrected chi connectivity index (χ3v) is 10.9. The Morgan fingerprint density at radius 3 is 2.38 bits per heavy atom. The van der Waals surface area contributed by atoms with E-state index in [1.807, 2.05) is 0 Å². The van der Waals surface area contributed by atoms with Gasteiger partial charge in [0.1, 0.15) is 0 Å². The van der Waals surface area contributed by atoms with E-state index in [9.17, 15) is 0 Å². The van der Waals surface area contributed by atoms with Crippen LogP contribution in [0.3, 0.4) is 0 Å². The van der Waals surface area contributed by atoms with Crippen LogP contribution >= 0.6 is 0 Å². The average Bonchev–Trinajstić information content (AvgIpc) is 3.22. The van der Waals surface area contributed by atoms with Gasteiger partial charge < -0.3 is 24.8 Å². The molecule has 130 valence electrons. The zero-order valence-electron chi connectivity index (χ0n) is 13.5. The van der Waals surface area contributed by atoms with Gasteiger partial charge in [0.25, 0.3) is 0 Å². The van der Waals surface area contributed by atoms with E-state index in [2.05, 4.69) is 78.9 Å². The Labute approximate surface area is 179 Å². The number of halogens is 2. The predicted molar refractivity (Wildman–Crippen MR) is 99.8 cm³/mol. The first-order valence-corrected chi connectivity index (χ1v) is 12.0. The van der Waals surface area contributed by atoms with Crippen LogP contribution in [-0.2, 0) is 22.9 Å². The summed E-state index contributed by atoms with van der Waals surface area (Å²) in [5.74, 6) is 0. The van der Waals surface area contributed by atoms with E-state index in [-0.39, 0.29) is 32.2 Å². The zero-order valence-corrected chi connectivity index (χ0v) is 18.7. The van der Waals surface area contributed by atoms with Crippen molar-refractivity contribution < 1.29 is 47.7 Å². The quantitative estimate of drug-likeness (QED) is 0.411. The van der Waals surface area contributed by atoms with E-state index in [1.165, 1.54) is 28.3 Å². The third-order valence-electron chi connectivity index (χ3n) is 4.91. The average molecular weight is 546 g/mol. The molecule has 3 heteroatoms. The monoisotopic (exact) mass is 546 g/mol. The summed E-state index contributed by atoms with van der Waals surface area (Å²) in [6, 6.07) is 22.6. The molecule has 0 N–H and O–H groups in total. The number of fused-ring (bicyclic) bond motifs is 5. The largest absolute Gasteiger partial charge is 1.00 e. The second kappa shape index (κ2) is 8.69. The minimum Gasteiger partial charge on any atom is -1.00 e. The molecule has 3 aromatic rings. The van der Waals surface area contributed by atoms with E-state index in [4.69, 9.17) is 0 Å². The molecule has 1 unspecified atom stereocenters. The van der Waals surface area contributed by atoms with Crippen LogP contribution in [0, 0.1) is 0 Å². The van der Waals surface area contributed by atoms with Crippen LogP contribution in [0.5, 0.6) is 0 Å². The molecule has 0 nitrogen and oxygen atoms in total. The molecular formula is C23H20Cl2Hf. The Morgan fingerprint density at radius 1 is 0.808 bits per heavy atom. The Morgan fingerprint density at radius 2 is 1.58 bits per heavy atom. The van der Waals surface area contributed by atoms with Gasteiger partial charge in [-0.25, -0.2) is 0 Å². The summed E-state index contributed by atoms with van der Waals surface area (Å²) in [5, 5.41) is 2.78. The molecule has 0 saturated heterocycles. The van der Waals surface area contributed by atoms with Gasteiger partial charge in [-0.15, -0.1) is 0 Å². The number of rotatable bonds is 2. The SMILES string of the molecule is C.C1=CC[C]([Hf+2][CH]2c3ccccc3-c3c2ccc2ccccc32)=C1.[Cl-].[Cl-]. The fraction of sp³-hybridized carbons (Fsp3) is 0.130. The van der Waals surface area contributed by atoms with Gasteiger partial charge in [0.05, 0.1) is 0 Å². The maximum absolute atomic E-state index is 2.40. The summed E-state index contributed by atoms with van der Waals surface area (Å²) in [6.07, 6.45) is 8.13. The molecule has 0 heterocycles. The van der Waals surface area contributed by atoms with Crippen LogP contribution in [0.25, 0.3) is 21.9 Å². The van der Waals surface area contributed by atoms with Gasteiger partial charge in [0.2, 0.25) is 0 Å². The first-order chi connectivity index (χ1) is 11.4. The van der Waals surface area contributed by atoms with Crippen LogP contribution in [0.15, 0.2) is 82.2 Å². The molecule has 5 rings (SSSR count). The fourth-order valence-corrected chi connectivity index (χ4v) is 9.62. The summed E-state index contributed by atoms with van der Waals surface area (Å²) < 4.78 is 2.43. The molecule has 0 radical (unpaired) electrons. The van der Waals surface area contributed by atoms with E-state index < -0.39 is 22.9 Å². The van der Waals surface area contributed by atoms with Gasteiger partial charge >= 0.3 is 148 Å². The summed E-state index contributed by atoms with van der Waals surface area (Å²) >= 11 is -0.903.